The second-order valence-electron chi connectivity index (χ2n) is 7.99. The molecule has 3 rings (SSSR count). The smallest absolute Gasteiger partial charge is 0.247 e. The van der Waals surface area contributed by atoms with Crippen molar-refractivity contribution < 1.29 is 17.9 Å². The number of amides is 1. The number of nitrogens with zero attached hydrogens (tertiary/aromatic N) is 2. The van der Waals surface area contributed by atoms with Crippen LogP contribution in [0.4, 0.5) is 17.1 Å². The number of piperidine rings is 1. The van der Waals surface area contributed by atoms with Crippen LogP contribution >= 0.6 is 0 Å². The van der Waals surface area contributed by atoms with Gasteiger partial charge in [-0.05, 0) is 75.1 Å². The van der Waals surface area contributed by atoms with E-state index in [1.165, 1.54) is 26.4 Å². The minimum Gasteiger partial charge on any atom is -0.495 e. The van der Waals surface area contributed by atoms with Gasteiger partial charge in [0.2, 0.25) is 15.9 Å². The molecule has 1 aliphatic heterocycles. The van der Waals surface area contributed by atoms with E-state index in [-0.39, 0.29) is 0 Å². The van der Waals surface area contributed by atoms with Crippen molar-refractivity contribution in [2.45, 2.75) is 39.2 Å². The molecule has 0 saturated carbocycles. The predicted octanol–water partition coefficient (Wildman–Crippen LogP) is 3.79. The summed E-state index contributed by atoms with van der Waals surface area (Å²) in [7, 11) is -2.26. The van der Waals surface area contributed by atoms with Gasteiger partial charge in [-0.2, -0.15) is 0 Å². The number of methoxy groups -OCH3 is 1. The zero-order chi connectivity index (χ0) is 22.6. The SMILES string of the molecule is COc1ccc(C)cc1N(C(C)C(=O)Nc1ccc(N2CCCCC2)cc1)S(C)(=O)=O. The zero-order valence-electron chi connectivity index (χ0n) is 18.6. The highest BCUT2D eigenvalue weighted by molar-refractivity contribution is 7.92. The van der Waals surface area contributed by atoms with Crippen molar-refractivity contribution in [3.63, 3.8) is 0 Å². The molecule has 1 unspecified atom stereocenters. The quantitative estimate of drug-likeness (QED) is 0.702. The summed E-state index contributed by atoms with van der Waals surface area (Å²) < 4.78 is 31.7. The van der Waals surface area contributed by atoms with Gasteiger partial charge in [-0.15, -0.1) is 0 Å². The molecule has 168 valence electrons. The molecule has 1 N–H and O–H groups in total. The van der Waals surface area contributed by atoms with Crippen molar-refractivity contribution in [1.82, 2.24) is 0 Å². The number of benzene rings is 2. The normalized spacial score (nSPS) is 15.3. The molecule has 0 bridgehead atoms. The zero-order valence-corrected chi connectivity index (χ0v) is 19.4. The average molecular weight is 446 g/mol. The molecule has 31 heavy (non-hydrogen) atoms. The average Bonchev–Trinajstić information content (AvgIpc) is 2.74. The number of hydrogen-bond acceptors (Lipinski definition) is 5. The van der Waals surface area contributed by atoms with E-state index in [0.717, 1.165) is 34.9 Å². The van der Waals surface area contributed by atoms with E-state index in [1.54, 1.807) is 19.1 Å². The highest BCUT2D eigenvalue weighted by atomic mass is 32.2. The van der Waals surface area contributed by atoms with Crippen LogP contribution in [-0.4, -0.2) is 46.8 Å². The highest BCUT2D eigenvalue weighted by Gasteiger charge is 2.31. The third kappa shape index (κ3) is 5.50. The van der Waals surface area contributed by atoms with E-state index >= 15 is 0 Å². The van der Waals surface area contributed by atoms with Gasteiger partial charge in [-0.25, -0.2) is 8.42 Å². The molecule has 1 saturated heterocycles. The maximum absolute atomic E-state index is 13.0. The summed E-state index contributed by atoms with van der Waals surface area (Å²) in [4.78, 5) is 15.3. The van der Waals surface area contributed by atoms with Gasteiger partial charge in [-0.1, -0.05) is 6.07 Å². The fraction of sp³-hybridized carbons (Fsp3) is 0.435. The van der Waals surface area contributed by atoms with Crippen molar-refractivity contribution in [3.8, 4) is 5.75 Å². The Kier molecular flexibility index (Phi) is 7.10. The monoisotopic (exact) mass is 445 g/mol. The van der Waals surface area contributed by atoms with Gasteiger partial charge in [-0.3, -0.25) is 9.10 Å². The third-order valence-corrected chi connectivity index (χ3v) is 6.74. The van der Waals surface area contributed by atoms with Crippen LogP contribution in [0.15, 0.2) is 42.5 Å². The fourth-order valence-electron chi connectivity index (χ4n) is 3.91. The van der Waals surface area contributed by atoms with Crippen LogP contribution in [0.2, 0.25) is 0 Å². The Morgan fingerprint density at radius 1 is 1.10 bits per heavy atom. The number of hydrogen-bond donors (Lipinski definition) is 1. The Morgan fingerprint density at radius 2 is 1.74 bits per heavy atom. The van der Waals surface area contributed by atoms with Gasteiger partial charge in [0, 0.05) is 24.5 Å². The lowest BCUT2D eigenvalue weighted by Crippen LogP contribution is -2.45. The first kappa shape index (κ1) is 22.9. The summed E-state index contributed by atoms with van der Waals surface area (Å²) in [5.74, 6) is -0.0266. The molecule has 1 atom stereocenters. The van der Waals surface area contributed by atoms with Gasteiger partial charge in [0.1, 0.15) is 11.8 Å². The van der Waals surface area contributed by atoms with Crippen LogP contribution in [0.5, 0.6) is 5.75 Å². The number of nitrogens with one attached hydrogen (secondary N) is 1. The Morgan fingerprint density at radius 3 is 2.32 bits per heavy atom. The molecule has 0 aromatic heterocycles. The predicted molar refractivity (Wildman–Crippen MR) is 126 cm³/mol. The fourth-order valence-corrected chi connectivity index (χ4v) is 5.08. The Hall–Kier alpha value is -2.74. The molecule has 2 aromatic rings. The molecular weight excluding hydrogens is 414 g/mol. The minimum atomic E-state index is -3.74. The number of ether oxygens (including phenoxy) is 1. The molecule has 1 heterocycles. The van der Waals surface area contributed by atoms with Crippen molar-refractivity contribution in [2.75, 3.05) is 41.0 Å². The molecule has 2 aromatic carbocycles. The topological polar surface area (TPSA) is 79.0 Å². The second-order valence-corrected chi connectivity index (χ2v) is 9.85. The van der Waals surface area contributed by atoms with Crippen molar-refractivity contribution in [2.24, 2.45) is 0 Å². The van der Waals surface area contributed by atoms with Crippen LogP contribution in [0.25, 0.3) is 0 Å². The lowest BCUT2D eigenvalue weighted by molar-refractivity contribution is -0.116. The van der Waals surface area contributed by atoms with Crippen LogP contribution in [0.1, 0.15) is 31.7 Å². The van der Waals surface area contributed by atoms with Gasteiger partial charge in [0.05, 0.1) is 19.1 Å². The van der Waals surface area contributed by atoms with Crippen LogP contribution in [-0.2, 0) is 14.8 Å². The first-order valence-corrected chi connectivity index (χ1v) is 12.4. The van der Waals surface area contributed by atoms with Gasteiger partial charge < -0.3 is 15.0 Å². The Bertz CT molecular complexity index is 1020. The number of carbonyl (C=O) groups excluding carboxylic acids is 1. The molecule has 1 amide bonds. The summed E-state index contributed by atoms with van der Waals surface area (Å²) in [6, 6.07) is 12.0. The van der Waals surface area contributed by atoms with Crippen molar-refractivity contribution in [1.29, 1.82) is 0 Å². The van der Waals surface area contributed by atoms with E-state index in [0.29, 0.717) is 17.1 Å². The Labute approximate surface area is 185 Å². The largest absolute Gasteiger partial charge is 0.495 e. The lowest BCUT2D eigenvalue weighted by atomic mass is 10.1. The maximum atomic E-state index is 13.0. The minimum absolute atomic E-state index is 0.341. The molecule has 7 nitrogen and oxygen atoms in total. The summed E-state index contributed by atoms with van der Waals surface area (Å²) >= 11 is 0. The van der Waals surface area contributed by atoms with E-state index in [4.69, 9.17) is 4.74 Å². The highest BCUT2D eigenvalue weighted by Crippen LogP contribution is 2.33. The van der Waals surface area contributed by atoms with Crippen LogP contribution < -0.4 is 19.3 Å². The molecule has 1 aliphatic rings. The van der Waals surface area contributed by atoms with Gasteiger partial charge in [0.25, 0.3) is 0 Å². The first-order chi connectivity index (χ1) is 14.7. The number of rotatable bonds is 7. The maximum Gasteiger partial charge on any atom is 0.247 e. The number of aryl methyl sites for hydroxylation is 1. The summed E-state index contributed by atoms with van der Waals surface area (Å²) in [6.45, 7) is 5.52. The van der Waals surface area contributed by atoms with Crippen LogP contribution in [0.3, 0.4) is 0 Å². The van der Waals surface area contributed by atoms with Gasteiger partial charge >= 0.3 is 0 Å². The van der Waals surface area contributed by atoms with Crippen molar-refractivity contribution in [3.05, 3.63) is 48.0 Å². The Balaban J connectivity index is 1.80. The van der Waals surface area contributed by atoms with E-state index < -0.39 is 22.0 Å². The second kappa shape index (κ2) is 9.60. The number of sulfonamides is 1. The van der Waals surface area contributed by atoms with E-state index in [9.17, 15) is 13.2 Å². The number of anilines is 3. The lowest BCUT2D eigenvalue weighted by Gasteiger charge is -2.30. The molecular formula is C23H31N3O4S. The molecule has 0 radical (unpaired) electrons. The third-order valence-electron chi connectivity index (χ3n) is 5.52. The standard InChI is InChI=1S/C23H31N3O4S/c1-17-8-13-22(30-3)21(16-17)26(31(4,28)29)18(2)23(27)24-19-9-11-20(12-10-19)25-14-6-5-7-15-25/h8-13,16,18H,5-7,14-15H2,1-4H3,(H,24,27). The molecule has 0 spiro atoms. The summed E-state index contributed by atoms with van der Waals surface area (Å²) in [5, 5.41) is 2.84. The van der Waals surface area contributed by atoms with Crippen LogP contribution in [0, 0.1) is 6.92 Å². The summed E-state index contributed by atoms with van der Waals surface area (Å²) in [5.41, 5.74) is 2.97. The molecule has 0 aliphatic carbocycles. The molecule has 1 fully saturated rings. The van der Waals surface area contributed by atoms with E-state index in [1.807, 2.05) is 37.3 Å². The number of carbonyl (C=O) groups is 1. The van der Waals surface area contributed by atoms with E-state index in [2.05, 4.69) is 10.2 Å². The molecule has 8 heteroatoms. The first-order valence-electron chi connectivity index (χ1n) is 10.5. The van der Waals surface area contributed by atoms with Crippen molar-refractivity contribution >= 4 is 33.0 Å². The summed E-state index contributed by atoms with van der Waals surface area (Å²) in [6.07, 6.45) is 4.75. The van der Waals surface area contributed by atoms with Gasteiger partial charge in [0.15, 0.2) is 0 Å².